The van der Waals surface area contributed by atoms with Gasteiger partial charge in [-0.05, 0) is 11.6 Å². The topological polar surface area (TPSA) is 55.8 Å². The summed E-state index contributed by atoms with van der Waals surface area (Å²) in [5, 5.41) is 9.70. The number of Topliss-reactive ketones (excluding diaryl/α,β-unsaturated/α-hetero) is 1. The Balaban J connectivity index is 1.83. The van der Waals surface area contributed by atoms with Crippen LogP contribution in [0.1, 0.15) is 5.56 Å². The average molecular weight is 248 g/mol. The molecule has 96 valence electrons. The van der Waals surface area contributed by atoms with E-state index in [4.69, 9.17) is 9.47 Å². The number of benzene rings is 1. The molecule has 1 aliphatic carbocycles. The summed E-state index contributed by atoms with van der Waals surface area (Å²) in [7, 11) is 1.42. The van der Waals surface area contributed by atoms with Crippen LogP contribution in [-0.4, -0.2) is 30.7 Å². The Kier molecular flexibility index (Phi) is 4.12. The molecule has 0 aliphatic heterocycles. The van der Waals surface area contributed by atoms with Crippen molar-refractivity contribution in [2.45, 2.75) is 12.7 Å². The maximum atomic E-state index is 11.8. The normalized spacial score (nSPS) is 23.0. The second kappa shape index (κ2) is 5.80. The third kappa shape index (κ3) is 2.78. The number of rotatable bonds is 5. The fraction of sp³-hybridized carbons (Fsp3) is 0.357. The van der Waals surface area contributed by atoms with E-state index in [-0.39, 0.29) is 18.1 Å². The number of aliphatic hydroxyl groups is 1. The van der Waals surface area contributed by atoms with Gasteiger partial charge in [0.2, 0.25) is 5.78 Å². The lowest BCUT2D eigenvalue weighted by Gasteiger charge is -2.13. The van der Waals surface area contributed by atoms with Crippen LogP contribution in [0.5, 0.6) is 0 Å². The number of methoxy groups -OCH3 is 1. The summed E-state index contributed by atoms with van der Waals surface area (Å²) in [5.74, 6) is -0.530. The van der Waals surface area contributed by atoms with Crippen molar-refractivity contribution in [2.24, 2.45) is 5.92 Å². The van der Waals surface area contributed by atoms with E-state index in [1.165, 1.54) is 13.2 Å². The van der Waals surface area contributed by atoms with Crippen LogP contribution in [0.15, 0.2) is 42.2 Å². The van der Waals surface area contributed by atoms with Crippen molar-refractivity contribution < 1.29 is 19.4 Å². The molecule has 1 unspecified atom stereocenters. The molecule has 0 radical (unpaired) electrons. The van der Waals surface area contributed by atoms with Crippen molar-refractivity contribution in [2.75, 3.05) is 13.7 Å². The first-order valence-corrected chi connectivity index (χ1v) is 5.82. The minimum Gasteiger partial charge on any atom is -0.493 e. The SMILES string of the molecule is COC1=C[C@H](O)C(COCc2ccccc2)C1=O. The number of ether oxygens (including phenoxy) is 2. The van der Waals surface area contributed by atoms with Crippen LogP contribution in [-0.2, 0) is 20.9 Å². The fourth-order valence-electron chi connectivity index (χ4n) is 1.91. The van der Waals surface area contributed by atoms with Gasteiger partial charge in [-0.1, -0.05) is 30.3 Å². The molecule has 2 rings (SSSR count). The molecule has 1 aromatic carbocycles. The summed E-state index contributed by atoms with van der Waals surface area (Å²) in [6, 6.07) is 9.69. The highest BCUT2D eigenvalue weighted by Gasteiger charge is 2.35. The first kappa shape index (κ1) is 12.8. The molecule has 1 aromatic rings. The first-order valence-electron chi connectivity index (χ1n) is 5.82. The average Bonchev–Trinajstić information content (AvgIpc) is 2.67. The van der Waals surface area contributed by atoms with Crippen molar-refractivity contribution >= 4 is 5.78 Å². The summed E-state index contributed by atoms with van der Waals surface area (Å²) < 4.78 is 10.4. The number of allylic oxidation sites excluding steroid dienone is 1. The molecule has 4 nitrogen and oxygen atoms in total. The first-order chi connectivity index (χ1) is 8.72. The number of hydrogen-bond donors (Lipinski definition) is 1. The molecule has 0 saturated heterocycles. The minimum absolute atomic E-state index is 0.193. The highest BCUT2D eigenvalue weighted by Crippen LogP contribution is 2.22. The molecule has 2 atom stereocenters. The van der Waals surface area contributed by atoms with E-state index in [1.807, 2.05) is 30.3 Å². The van der Waals surface area contributed by atoms with Gasteiger partial charge in [-0.15, -0.1) is 0 Å². The van der Waals surface area contributed by atoms with Crippen molar-refractivity contribution in [1.29, 1.82) is 0 Å². The van der Waals surface area contributed by atoms with Gasteiger partial charge in [0.15, 0.2) is 5.76 Å². The van der Waals surface area contributed by atoms with Gasteiger partial charge in [-0.25, -0.2) is 0 Å². The highest BCUT2D eigenvalue weighted by atomic mass is 16.5. The molecular weight excluding hydrogens is 232 g/mol. The smallest absolute Gasteiger partial charge is 0.205 e. The predicted octanol–water partition coefficient (Wildman–Crippen LogP) is 1.29. The Morgan fingerprint density at radius 1 is 1.28 bits per heavy atom. The van der Waals surface area contributed by atoms with E-state index >= 15 is 0 Å². The molecule has 0 spiro atoms. The number of hydrogen-bond acceptors (Lipinski definition) is 4. The molecule has 0 fully saturated rings. The highest BCUT2D eigenvalue weighted by molar-refractivity contribution is 5.98. The van der Waals surface area contributed by atoms with Crippen molar-refractivity contribution in [1.82, 2.24) is 0 Å². The maximum Gasteiger partial charge on any atom is 0.205 e. The van der Waals surface area contributed by atoms with E-state index in [1.54, 1.807) is 0 Å². The minimum atomic E-state index is -0.816. The van der Waals surface area contributed by atoms with Gasteiger partial charge in [0, 0.05) is 0 Å². The molecule has 0 amide bonds. The fourth-order valence-corrected chi connectivity index (χ4v) is 1.91. The lowest BCUT2D eigenvalue weighted by Crippen LogP contribution is -2.26. The predicted molar refractivity (Wildman–Crippen MR) is 65.7 cm³/mol. The van der Waals surface area contributed by atoms with Crippen molar-refractivity contribution in [3.05, 3.63) is 47.7 Å². The summed E-state index contributed by atoms with van der Waals surface area (Å²) in [5.41, 5.74) is 1.04. The quantitative estimate of drug-likeness (QED) is 0.853. The largest absolute Gasteiger partial charge is 0.493 e. The number of ketones is 1. The molecule has 18 heavy (non-hydrogen) atoms. The van der Waals surface area contributed by atoms with Gasteiger partial charge in [-0.2, -0.15) is 0 Å². The second-order valence-electron chi connectivity index (χ2n) is 4.20. The van der Waals surface area contributed by atoms with Crippen LogP contribution in [0, 0.1) is 5.92 Å². The van der Waals surface area contributed by atoms with Crippen LogP contribution in [0.25, 0.3) is 0 Å². The molecule has 0 heterocycles. The Hall–Kier alpha value is -1.65. The summed E-state index contributed by atoms with van der Waals surface area (Å²) >= 11 is 0. The second-order valence-corrected chi connectivity index (χ2v) is 4.20. The summed E-state index contributed by atoms with van der Waals surface area (Å²) in [6.07, 6.45) is 0.613. The van der Waals surface area contributed by atoms with Crippen LogP contribution in [0.4, 0.5) is 0 Å². The van der Waals surface area contributed by atoms with Gasteiger partial charge >= 0.3 is 0 Å². The van der Waals surface area contributed by atoms with E-state index in [0.717, 1.165) is 5.56 Å². The van der Waals surface area contributed by atoms with Crippen molar-refractivity contribution in [3.8, 4) is 0 Å². The maximum absolute atomic E-state index is 11.8. The molecule has 1 aliphatic rings. The van der Waals surface area contributed by atoms with E-state index in [9.17, 15) is 9.90 Å². The lowest BCUT2D eigenvalue weighted by atomic mass is 10.1. The summed E-state index contributed by atoms with van der Waals surface area (Å²) in [6.45, 7) is 0.623. The van der Waals surface area contributed by atoms with Gasteiger partial charge in [0.05, 0.1) is 32.3 Å². The molecule has 4 heteroatoms. The number of carbonyl (C=O) groups excluding carboxylic acids is 1. The number of carbonyl (C=O) groups is 1. The van der Waals surface area contributed by atoms with Gasteiger partial charge in [-0.3, -0.25) is 4.79 Å². The third-order valence-electron chi connectivity index (χ3n) is 2.94. The lowest BCUT2D eigenvalue weighted by molar-refractivity contribution is -0.125. The standard InChI is InChI=1S/C14H16O4/c1-17-13-7-12(15)11(14(13)16)9-18-8-10-5-3-2-4-6-10/h2-7,11-12,15H,8-9H2,1H3/t11?,12-/m0/s1. The van der Waals surface area contributed by atoms with Crippen LogP contribution < -0.4 is 0 Å². The Morgan fingerprint density at radius 2 is 2.00 bits per heavy atom. The van der Waals surface area contributed by atoms with Crippen LogP contribution >= 0.6 is 0 Å². The molecular formula is C14H16O4. The van der Waals surface area contributed by atoms with Crippen LogP contribution in [0.2, 0.25) is 0 Å². The van der Waals surface area contributed by atoms with E-state index in [2.05, 4.69) is 0 Å². The van der Waals surface area contributed by atoms with Crippen molar-refractivity contribution in [3.63, 3.8) is 0 Å². The van der Waals surface area contributed by atoms with E-state index < -0.39 is 12.0 Å². The Bertz CT molecular complexity index is 438. The molecule has 0 aromatic heterocycles. The number of aliphatic hydroxyl groups excluding tert-OH is 1. The molecule has 0 bridgehead atoms. The molecule has 0 saturated carbocycles. The molecule has 1 N–H and O–H groups in total. The zero-order valence-corrected chi connectivity index (χ0v) is 10.2. The van der Waals surface area contributed by atoms with Gasteiger partial charge < -0.3 is 14.6 Å². The Labute approximate surface area is 106 Å². The van der Waals surface area contributed by atoms with Gasteiger partial charge in [0.1, 0.15) is 0 Å². The zero-order valence-electron chi connectivity index (χ0n) is 10.2. The van der Waals surface area contributed by atoms with Gasteiger partial charge in [0.25, 0.3) is 0 Å². The van der Waals surface area contributed by atoms with E-state index in [0.29, 0.717) is 6.61 Å². The third-order valence-corrected chi connectivity index (χ3v) is 2.94. The summed E-state index contributed by atoms with van der Waals surface area (Å²) in [4.78, 5) is 11.8. The van der Waals surface area contributed by atoms with Crippen LogP contribution in [0.3, 0.4) is 0 Å². The zero-order chi connectivity index (χ0) is 13.0. The Morgan fingerprint density at radius 3 is 2.61 bits per heavy atom. The monoisotopic (exact) mass is 248 g/mol.